The van der Waals surface area contributed by atoms with Crippen molar-refractivity contribution in [1.82, 2.24) is 16.2 Å². The maximum atomic E-state index is 12.0. The first kappa shape index (κ1) is 19.8. The van der Waals surface area contributed by atoms with Crippen LogP contribution in [0.1, 0.15) is 6.92 Å². The number of halogens is 1. The second-order valence-electron chi connectivity index (χ2n) is 5.39. The monoisotopic (exact) mass is 397 g/mol. The van der Waals surface area contributed by atoms with Gasteiger partial charge in [-0.25, -0.2) is 0 Å². The summed E-state index contributed by atoms with van der Waals surface area (Å²) in [6, 6.07) is 11.7. The number of amides is 1. The summed E-state index contributed by atoms with van der Waals surface area (Å²) in [6.45, 7) is 2.45. The lowest BCUT2D eigenvalue weighted by Gasteiger charge is -2.16. The van der Waals surface area contributed by atoms with Crippen molar-refractivity contribution in [3.05, 3.63) is 41.4 Å². The Bertz CT molecular complexity index is 753. The van der Waals surface area contributed by atoms with E-state index in [0.717, 1.165) is 15.7 Å². The fourth-order valence-electron chi connectivity index (χ4n) is 2.24. The highest BCUT2D eigenvalue weighted by molar-refractivity contribution is 8.00. The summed E-state index contributed by atoms with van der Waals surface area (Å²) in [6.07, 6.45) is 0. The van der Waals surface area contributed by atoms with Gasteiger partial charge >= 0.3 is 0 Å². The molecule has 2 aromatic rings. The van der Waals surface area contributed by atoms with E-state index in [9.17, 15) is 4.79 Å². The number of fused-ring (bicyclic) bond motifs is 1. The molecule has 2 rings (SSSR count). The van der Waals surface area contributed by atoms with Crippen LogP contribution >= 0.6 is 35.6 Å². The minimum atomic E-state index is -0.183. The first-order valence-electron chi connectivity index (χ1n) is 7.65. The lowest BCUT2D eigenvalue weighted by Crippen LogP contribution is -2.50. The van der Waals surface area contributed by atoms with Crippen LogP contribution in [0.3, 0.4) is 0 Å². The van der Waals surface area contributed by atoms with E-state index in [-0.39, 0.29) is 17.7 Å². The van der Waals surface area contributed by atoms with Gasteiger partial charge in [-0.15, -0.1) is 11.8 Å². The number of carbonyl (C=O) groups excluding carboxylic acids is 1. The summed E-state index contributed by atoms with van der Waals surface area (Å²) < 4.78 is 5.01. The van der Waals surface area contributed by atoms with Gasteiger partial charge in [-0.05, 0) is 36.7 Å². The number of thioether (sulfide) groups is 1. The minimum absolute atomic E-state index is 0.0501. The molecular formula is C17H20ClN3O2S2. The van der Waals surface area contributed by atoms with Crippen LogP contribution in [0.4, 0.5) is 0 Å². The number of ether oxygens (including phenoxy) is 1. The van der Waals surface area contributed by atoms with E-state index in [2.05, 4.69) is 16.2 Å². The molecule has 1 amide bonds. The average Bonchev–Trinajstić information content (AvgIpc) is 2.58. The van der Waals surface area contributed by atoms with Gasteiger partial charge in [0.2, 0.25) is 5.91 Å². The number of nitrogens with one attached hydrogen (secondary N) is 3. The molecule has 2 aromatic carbocycles. The molecule has 25 heavy (non-hydrogen) atoms. The van der Waals surface area contributed by atoms with Crippen molar-refractivity contribution in [3.8, 4) is 0 Å². The highest BCUT2D eigenvalue weighted by Crippen LogP contribution is 2.32. The summed E-state index contributed by atoms with van der Waals surface area (Å²) in [4.78, 5) is 13.0. The molecule has 0 aliphatic carbocycles. The molecule has 0 aliphatic rings. The lowest BCUT2D eigenvalue weighted by atomic mass is 10.1. The van der Waals surface area contributed by atoms with Crippen molar-refractivity contribution >= 4 is 57.4 Å². The number of benzene rings is 2. The molecule has 0 aliphatic heterocycles. The van der Waals surface area contributed by atoms with Gasteiger partial charge in [-0.1, -0.05) is 35.9 Å². The van der Waals surface area contributed by atoms with Gasteiger partial charge in [0.1, 0.15) is 0 Å². The van der Waals surface area contributed by atoms with Gasteiger partial charge in [0.15, 0.2) is 5.11 Å². The van der Waals surface area contributed by atoms with Crippen molar-refractivity contribution in [2.24, 2.45) is 0 Å². The van der Waals surface area contributed by atoms with Crippen LogP contribution in [0.15, 0.2) is 41.3 Å². The molecule has 0 radical (unpaired) electrons. The third-order valence-corrected chi connectivity index (χ3v) is 4.88. The van der Waals surface area contributed by atoms with E-state index in [0.29, 0.717) is 16.7 Å². The molecule has 0 saturated heterocycles. The molecule has 3 N–H and O–H groups in total. The standard InChI is InChI=1S/C17H20ClN3O2S2/c1-11(9-23-2)19-17(24)21-20-15(22)10-25-14-8-4-6-12-5-3-7-13(18)16(12)14/h3-8,11H,9-10H2,1-2H3,(H,20,22)(H2,19,21,24)/t11-/m1/s1. The Morgan fingerprint density at radius 3 is 2.72 bits per heavy atom. The van der Waals surface area contributed by atoms with Gasteiger partial charge in [-0.3, -0.25) is 15.6 Å². The van der Waals surface area contributed by atoms with Gasteiger partial charge in [0, 0.05) is 28.5 Å². The first-order chi connectivity index (χ1) is 12.0. The number of hydrogen-bond donors (Lipinski definition) is 3. The third-order valence-electron chi connectivity index (χ3n) is 3.28. The fraction of sp³-hybridized carbons (Fsp3) is 0.294. The SMILES string of the molecule is COC[C@@H](C)NC(=S)NNC(=O)CSc1cccc2cccc(Cl)c12. The van der Waals surface area contributed by atoms with Crippen molar-refractivity contribution in [2.75, 3.05) is 19.5 Å². The van der Waals surface area contributed by atoms with Crippen molar-refractivity contribution in [3.63, 3.8) is 0 Å². The van der Waals surface area contributed by atoms with Gasteiger partial charge in [0.25, 0.3) is 0 Å². The van der Waals surface area contributed by atoms with Crippen LogP contribution in [0.5, 0.6) is 0 Å². The molecule has 0 spiro atoms. The lowest BCUT2D eigenvalue weighted by molar-refractivity contribution is -0.119. The first-order valence-corrected chi connectivity index (χ1v) is 9.42. The zero-order valence-electron chi connectivity index (χ0n) is 14.0. The maximum absolute atomic E-state index is 12.0. The normalized spacial score (nSPS) is 11.8. The Hall–Kier alpha value is -1.54. The summed E-state index contributed by atoms with van der Waals surface area (Å²) in [5.41, 5.74) is 5.26. The van der Waals surface area contributed by atoms with Crippen LogP contribution in [-0.2, 0) is 9.53 Å². The second kappa shape index (κ2) is 9.82. The molecule has 134 valence electrons. The molecule has 0 unspecified atom stereocenters. The largest absolute Gasteiger partial charge is 0.383 e. The Labute approximate surface area is 161 Å². The number of rotatable bonds is 6. The Kier molecular flexibility index (Phi) is 7.77. The smallest absolute Gasteiger partial charge is 0.248 e. The van der Waals surface area contributed by atoms with E-state index in [4.69, 9.17) is 28.6 Å². The molecule has 0 bridgehead atoms. The summed E-state index contributed by atoms with van der Waals surface area (Å²) in [5, 5.41) is 6.03. The third kappa shape index (κ3) is 6.04. The number of hydrogen-bond acceptors (Lipinski definition) is 4. The summed E-state index contributed by atoms with van der Waals surface area (Å²) in [7, 11) is 1.62. The van der Waals surface area contributed by atoms with Gasteiger partial charge in [-0.2, -0.15) is 0 Å². The minimum Gasteiger partial charge on any atom is -0.383 e. The zero-order valence-corrected chi connectivity index (χ0v) is 16.4. The number of methoxy groups -OCH3 is 1. The van der Waals surface area contributed by atoms with E-state index in [1.165, 1.54) is 11.8 Å². The molecule has 0 aromatic heterocycles. The van der Waals surface area contributed by atoms with Crippen molar-refractivity contribution in [1.29, 1.82) is 0 Å². The summed E-state index contributed by atoms with van der Waals surface area (Å²) >= 11 is 12.8. The van der Waals surface area contributed by atoms with Crippen molar-refractivity contribution < 1.29 is 9.53 Å². The van der Waals surface area contributed by atoms with E-state index in [1.54, 1.807) is 7.11 Å². The Balaban J connectivity index is 1.86. The number of hydrazine groups is 1. The quantitative estimate of drug-likeness (QED) is 0.395. The highest BCUT2D eigenvalue weighted by Gasteiger charge is 2.09. The fourth-order valence-corrected chi connectivity index (χ4v) is 3.74. The average molecular weight is 398 g/mol. The molecular weight excluding hydrogens is 378 g/mol. The van der Waals surface area contributed by atoms with E-state index in [1.807, 2.05) is 43.3 Å². The summed E-state index contributed by atoms with van der Waals surface area (Å²) in [5.74, 6) is 0.0608. The van der Waals surface area contributed by atoms with Crippen LogP contribution in [0.2, 0.25) is 5.02 Å². The number of thiocarbonyl (C=S) groups is 1. The van der Waals surface area contributed by atoms with Crippen LogP contribution < -0.4 is 16.2 Å². The van der Waals surface area contributed by atoms with Crippen LogP contribution in [-0.4, -0.2) is 36.5 Å². The highest BCUT2D eigenvalue weighted by atomic mass is 35.5. The van der Waals surface area contributed by atoms with Crippen LogP contribution in [0.25, 0.3) is 10.8 Å². The van der Waals surface area contributed by atoms with Gasteiger partial charge < -0.3 is 10.1 Å². The predicted octanol–water partition coefficient (Wildman–Crippen LogP) is 3.12. The maximum Gasteiger partial charge on any atom is 0.248 e. The second-order valence-corrected chi connectivity index (χ2v) is 7.22. The Morgan fingerprint density at radius 1 is 1.28 bits per heavy atom. The van der Waals surface area contributed by atoms with E-state index >= 15 is 0 Å². The Morgan fingerprint density at radius 2 is 2.00 bits per heavy atom. The van der Waals surface area contributed by atoms with Crippen molar-refractivity contribution in [2.45, 2.75) is 17.9 Å². The zero-order chi connectivity index (χ0) is 18.2. The van der Waals surface area contributed by atoms with Crippen LogP contribution in [0, 0.1) is 0 Å². The predicted molar refractivity (Wildman–Crippen MR) is 108 cm³/mol. The molecule has 1 atom stereocenters. The molecule has 0 heterocycles. The molecule has 5 nitrogen and oxygen atoms in total. The topological polar surface area (TPSA) is 62.4 Å². The molecule has 0 saturated carbocycles. The molecule has 8 heteroatoms. The number of carbonyl (C=O) groups is 1. The van der Waals surface area contributed by atoms with Gasteiger partial charge in [0.05, 0.1) is 12.4 Å². The molecule has 0 fully saturated rings. The van der Waals surface area contributed by atoms with E-state index < -0.39 is 0 Å².